The van der Waals surface area contributed by atoms with E-state index in [9.17, 15) is 9.59 Å². The molecule has 1 saturated carbocycles. The number of carboxylic acid groups (broad SMARTS) is 1. The van der Waals surface area contributed by atoms with E-state index in [0.717, 1.165) is 12.8 Å². The molecule has 0 atom stereocenters. The zero-order valence-corrected chi connectivity index (χ0v) is 11.1. The zero-order chi connectivity index (χ0) is 13.9. The van der Waals surface area contributed by atoms with Gasteiger partial charge in [0.1, 0.15) is 0 Å². The predicted molar refractivity (Wildman–Crippen MR) is 72.3 cm³/mol. The van der Waals surface area contributed by atoms with Crippen molar-refractivity contribution in [3.8, 4) is 0 Å². The first-order chi connectivity index (χ1) is 9.00. The summed E-state index contributed by atoms with van der Waals surface area (Å²) in [6.45, 7) is 2.89. The second kappa shape index (κ2) is 5.43. The van der Waals surface area contributed by atoms with Crippen molar-refractivity contribution < 1.29 is 14.7 Å². The number of benzene rings is 1. The Morgan fingerprint density at radius 1 is 1.16 bits per heavy atom. The summed E-state index contributed by atoms with van der Waals surface area (Å²) in [4.78, 5) is 22.7. The Bertz CT molecular complexity index is 473. The van der Waals surface area contributed by atoms with Gasteiger partial charge in [-0.2, -0.15) is 0 Å². The van der Waals surface area contributed by atoms with Crippen LogP contribution in [-0.4, -0.2) is 23.5 Å². The maximum atomic E-state index is 12.0. The van der Waals surface area contributed by atoms with Crippen LogP contribution in [0.5, 0.6) is 0 Å². The van der Waals surface area contributed by atoms with Gasteiger partial charge in [-0.15, -0.1) is 0 Å². The average Bonchev–Trinajstić information content (AvgIpc) is 2.83. The Morgan fingerprint density at radius 2 is 1.68 bits per heavy atom. The van der Waals surface area contributed by atoms with Crippen molar-refractivity contribution in [1.29, 1.82) is 0 Å². The van der Waals surface area contributed by atoms with Crippen LogP contribution in [0.15, 0.2) is 24.3 Å². The van der Waals surface area contributed by atoms with E-state index in [1.807, 2.05) is 0 Å². The summed E-state index contributed by atoms with van der Waals surface area (Å²) in [7, 11) is 0. The minimum atomic E-state index is -0.981. The fourth-order valence-corrected chi connectivity index (χ4v) is 2.57. The molecule has 102 valence electrons. The summed E-state index contributed by atoms with van der Waals surface area (Å²) < 4.78 is 0. The monoisotopic (exact) mass is 261 g/mol. The maximum absolute atomic E-state index is 12.0. The lowest BCUT2D eigenvalue weighted by Crippen LogP contribution is -2.34. The quantitative estimate of drug-likeness (QED) is 0.875. The molecule has 0 heterocycles. The molecule has 4 nitrogen and oxygen atoms in total. The van der Waals surface area contributed by atoms with Gasteiger partial charge in [-0.1, -0.05) is 19.8 Å². The van der Waals surface area contributed by atoms with Gasteiger partial charge in [-0.3, -0.25) is 4.79 Å². The fourth-order valence-electron chi connectivity index (χ4n) is 2.57. The third-order valence-corrected chi connectivity index (χ3v) is 3.88. The molecule has 1 aromatic rings. The second-order valence-corrected chi connectivity index (χ2v) is 5.58. The number of rotatable bonds is 4. The van der Waals surface area contributed by atoms with E-state index in [1.54, 1.807) is 12.1 Å². The average molecular weight is 261 g/mol. The lowest BCUT2D eigenvalue weighted by Gasteiger charge is -2.23. The molecule has 0 aromatic heterocycles. The van der Waals surface area contributed by atoms with E-state index in [4.69, 9.17) is 5.11 Å². The molecule has 0 saturated heterocycles. The highest BCUT2D eigenvalue weighted by molar-refractivity contribution is 5.95. The normalized spacial score (nSPS) is 17.1. The molecule has 0 bridgehead atoms. The van der Waals surface area contributed by atoms with Gasteiger partial charge in [-0.25, -0.2) is 4.79 Å². The van der Waals surface area contributed by atoms with Crippen LogP contribution in [0.1, 0.15) is 53.3 Å². The molecule has 0 unspecified atom stereocenters. The molecule has 2 N–H and O–H groups in total. The number of aromatic carboxylic acids is 1. The number of carboxylic acids is 1. The van der Waals surface area contributed by atoms with Crippen molar-refractivity contribution >= 4 is 11.9 Å². The Labute approximate surface area is 112 Å². The SMILES string of the molecule is CC1(CNC(=O)c2ccc(C(=O)O)cc2)CCCC1. The first kappa shape index (κ1) is 13.6. The summed E-state index contributed by atoms with van der Waals surface area (Å²) >= 11 is 0. The Hall–Kier alpha value is -1.84. The molecule has 1 aromatic carbocycles. The van der Waals surface area contributed by atoms with E-state index in [2.05, 4.69) is 12.2 Å². The molecule has 1 amide bonds. The number of nitrogens with one attached hydrogen (secondary N) is 1. The van der Waals surface area contributed by atoms with E-state index in [-0.39, 0.29) is 16.9 Å². The maximum Gasteiger partial charge on any atom is 0.335 e. The van der Waals surface area contributed by atoms with E-state index < -0.39 is 5.97 Å². The number of hydrogen-bond acceptors (Lipinski definition) is 2. The first-order valence-electron chi connectivity index (χ1n) is 6.62. The highest BCUT2D eigenvalue weighted by Gasteiger charge is 2.28. The van der Waals surface area contributed by atoms with Gasteiger partial charge in [0.05, 0.1) is 5.56 Å². The smallest absolute Gasteiger partial charge is 0.335 e. The number of hydrogen-bond donors (Lipinski definition) is 2. The van der Waals surface area contributed by atoms with Gasteiger partial charge in [0, 0.05) is 12.1 Å². The van der Waals surface area contributed by atoms with Crippen molar-refractivity contribution in [2.75, 3.05) is 6.54 Å². The lowest BCUT2D eigenvalue weighted by atomic mass is 9.89. The topological polar surface area (TPSA) is 66.4 Å². The summed E-state index contributed by atoms with van der Waals surface area (Å²) in [5.41, 5.74) is 0.919. The van der Waals surface area contributed by atoms with Gasteiger partial charge in [-0.05, 0) is 42.5 Å². The van der Waals surface area contributed by atoms with Crippen LogP contribution >= 0.6 is 0 Å². The van der Waals surface area contributed by atoms with Gasteiger partial charge in [0.2, 0.25) is 0 Å². The molecular formula is C15H19NO3. The molecule has 4 heteroatoms. The van der Waals surface area contributed by atoms with Crippen LogP contribution in [0.3, 0.4) is 0 Å². The number of carbonyl (C=O) groups is 2. The first-order valence-corrected chi connectivity index (χ1v) is 6.62. The van der Waals surface area contributed by atoms with Crippen molar-refractivity contribution in [3.63, 3.8) is 0 Å². The molecule has 19 heavy (non-hydrogen) atoms. The minimum absolute atomic E-state index is 0.134. The fraction of sp³-hybridized carbons (Fsp3) is 0.467. The van der Waals surface area contributed by atoms with Crippen molar-refractivity contribution in [2.24, 2.45) is 5.41 Å². The van der Waals surface area contributed by atoms with Crippen LogP contribution in [0.4, 0.5) is 0 Å². The van der Waals surface area contributed by atoms with Crippen LogP contribution in [0.2, 0.25) is 0 Å². The minimum Gasteiger partial charge on any atom is -0.478 e. The van der Waals surface area contributed by atoms with Gasteiger partial charge in [0.15, 0.2) is 0 Å². The van der Waals surface area contributed by atoms with Gasteiger partial charge < -0.3 is 10.4 Å². The van der Waals surface area contributed by atoms with E-state index in [0.29, 0.717) is 12.1 Å². The zero-order valence-electron chi connectivity index (χ0n) is 11.1. The van der Waals surface area contributed by atoms with Crippen LogP contribution in [-0.2, 0) is 0 Å². The van der Waals surface area contributed by atoms with E-state index in [1.165, 1.54) is 25.0 Å². The highest BCUT2D eigenvalue weighted by Crippen LogP contribution is 2.36. The molecule has 0 spiro atoms. The van der Waals surface area contributed by atoms with Crippen molar-refractivity contribution in [3.05, 3.63) is 35.4 Å². The summed E-state index contributed by atoms with van der Waals surface area (Å²) in [5.74, 6) is -1.12. The number of amides is 1. The lowest BCUT2D eigenvalue weighted by molar-refractivity contribution is 0.0696. The van der Waals surface area contributed by atoms with Crippen LogP contribution in [0, 0.1) is 5.41 Å². The van der Waals surface area contributed by atoms with Crippen molar-refractivity contribution in [2.45, 2.75) is 32.6 Å². The molecule has 0 aliphatic heterocycles. The Kier molecular flexibility index (Phi) is 3.88. The summed E-state index contributed by atoms with van der Waals surface area (Å²) in [6.07, 6.45) is 4.79. The summed E-state index contributed by atoms with van der Waals surface area (Å²) in [5, 5.41) is 11.7. The molecular weight excluding hydrogens is 242 g/mol. The van der Waals surface area contributed by atoms with Crippen molar-refractivity contribution in [1.82, 2.24) is 5.32 Å². The third-order valence-electron chi connectivity index (χ3n) is 3.88. The Balaban J connectivity index is 1.94. The highest BCUT2D eigenvalue weighted by atomic mass is 16.4. The van der Waals surface area contributed by atoms with E-state index >= 15 is 0 Å². The molecule has 1 fully saturated rings. The molecule has 1 aliphatic carbocycles. The molecule has 0 radical (unpaired) electrons. The third kappa shape index (κ3) is 3.34. The predicted octanol–water partition coefficient (Wildman–Crippen LogP) is 2.69. The van der Waals surface area contributed by atoms with Crippen LogP contribution < -0.4 is 5.32 Å². The standard InChI is InChI=1S/C15H19NO3/c1-15(8-2-3-9-15)10-16-13(17)11-4-6-12(7-5-11)14(18)19/h4-7H,2-3,8-10H2,1H3,(H,16,17)(H,18,19). The summed E-state index contributed by atoms with van der Waals surface area (Å²) in [6, 6.07) is 6.01. The molecule has 2 rings (SSSR count). The second-order valence-electron chi connectivity index (χ2n) is 5.58. The van der Waals surface area contributed by atoms with Gasteiger partial charge >= 0.3 is 5.97 Å². The van der Waals surface area contributed by atoms with Gasteiger partial charge in [0.25, 0.3) is 5.91 Å². The molecule has 1 aliphatic rings. The van der Waals surface area contributed by atoms with Crippen LogP contribution in [0.25, 0.3) is 0 Å². The Morgan fingerprint density at radius 3 is 2.21 bits per heavy atom. The number of carbonyl (C=O) groups excluding carboxylic acids is 1. The largest absolute Gasteiger partial charge is 0.478 e.